The third-order valence-corrected chi connectivity index (χ3v) is 3.67. The molecular formula is C12H10ClF3N2. The molecule has 1 aliphatic rings. The second-order valence-corrected chi connectivity index (χ2v) is 4.78. The fraction of sp³-hybridized carbons (Fsp3) is 0.417. The van der Waals surface area contributed by atoms with Crippen LogP contribution in [0.2, 0.25) is 0 Å². The van der Waals surface area contributed by atoms with Crippen molar-refractivity contribution in [2.45, 2.75) is 30.4 Å². The largest absolute Gasteiger partial charge is 0.412 e. The summed E-state index contributed by atoms with van der Waals surface area (Å²) >= 11 is 5.74. The van der Waals surface area contributed by atoms with Crippen LogP contribution < -0.4 is 0 Å². The number of nitrogens with zero attached hydrogens (tertiary/aromatic N) is 2. The van der Waals surface area contributed by atoms with Gasteiger partial charge in [-0.15, -0.1) is 11.6 Å². The van der Waals surface area contributed by atoms with Gasteiger partial charge >= 0.3 is 6.18 Å². The van der Waals surface area contributed by atoms with E-state index >= 15 is 0 Å². The molecule has 3 rings (SSSR count). The molecule has 6 heteroatoms. The molecule has 1 aromatic carbocycles. The molecule has 0 aliphatic heterocycles. The van der Waals surface area contributed by atoms with Crippen LogP contribution in [-0.4, -0.2) is 15.7 Å². The Morgan fingerprint density at radius 3 is 2.50 bits per heavy atom. The summed E-state index contributed by atoms with van der Waals surface area (Å²) in [5.74, 6) is 0.264. The SMILES string of the molecule is FC(F)(F)C1(n2c(CCl)nc3ccccc32)CC1. The second kappa shape index (κ2) is 3.63. The standard InChI is InChI=1S/C12H10ClF3N2/c13-7-10-17-8-3-1-2-4-9(8)18(10)11(5-6-11)12(14,15)16/h1-4H,5-7H2. The molecule has 1 heterocycles. The van der Waals surface area contributed by atoms with Crippen LogP contribution in [0.3, 0.4) is 0 Å². The molecule has 0 amide bonds. The monoisotopic (exact) mass is 274 g/mol. The van der Waals surface area contributed by atoms with Crippen LogP contribution >= 0.6 is 11.6 Å². The highest BCUT2D eigenvalue weighted by atomic mass is 35.5. The number of aromatic nitrogens is 2. The van der Waals surface area contributed by atoms with E-state index in [0.717, 1.165) is 0 Å². The van der Waals surface area contributed by atoms with Crippen molar-refractivity contribution in [3.63, 3.8) is 0 Å². The molecule has 1 aromatic heterocycles. The quantitative estimate of drug-likeness (QED) is 0.761. The number of rotatable bonds is 2. The average Bonchev–Trinajstić information content (AvgIpc) is 3.04. The van der Waals surface area contributed by atoms with Crippen LogP contribution in [-0.2, 0) is 11.4 Å². The van der Waals surface area contributed by atoms with E-state index < -0.39 is 11.7 Å². The zero-order chi connectivity index (χ0) is 13.0. The first-order chi connectivity index (χ1) is 8.49. The Bertz CT molecular complexity index is 599. The van der Waals surface area contributed by atoms with E-state index in [0.29, 0.717) is 11.0 Å². The van der Waals surface area contributed by atoms with E-state index in [1.165, 1.54) is 4.57 Å². The third-order valence-electron chi connectivity index (χ3n) is 3.43. The maximum Gasteiger partial charge on any atom is 0.412 e. The molecule has 1 saturated carbocycles. The fourth-order valence-corrected chi connectivity index (χ4v) is 2.57. The number of halogens is 4. The van der Waals surface area contributed by atoms with Gasteiger partial charge in [0.15, 0.2) is 0 Å². The highest BCUT2D eigenvalue weighted by Gasteiger charge is 2.65. The molecule has 1 fully saturated rings. The van der Waals surface area contributed by atoms with Crippen molar-refractivity contribution in [1.82, 2.24) is 9.55 Å². The Labute approximate surface area is 106 Å². The van der Waals surface area contributed by atoms with Crippen LogP contribution in [0.15, 0.2) is 24.3 Å². The van der Waals surface area contributed by atoms with Gasteiger partial charge in [-0.25, -0.2) is 4.98 Å². The predicted octanol–water partition coefficient (Wildman–Crippen LogP) is 3.83. The van der Waals surface area contributed by atoms with Gasteiger partial charge in [0, 0.05) is 0 Å². The average molecular weight is 275 g/mol. The number of fused-ring (bicyclic) bond motifs is 1. The van der Waals surface area contributed by atoms with Gasteiger partial charge in [0.2, 0.25) is 0 Å². The molecule has 1 aliphatic carbocycles. The van der Waals surface area contributed by atoms with Gasteiger partial charge in [-0.3, -0.25) is 0 Å². The maximum absolute atomic E-state index is 13.2. The number of hydrogen-bond acceptors (Lipinski definition) is 1. The molecule has 0 radical (unpaired) electrons. The summed E-state index contributed by atoms with van der Waals surface area (Å²) in [6.45, 7) is 0. The first kappa shape index (κ1) is 11.8. The van der Waals surface area contributed by atoms with Crippen molar-refractivity contribution < 1.29 is 13.2 Å². The first-order valence-electron chi connectivity index (χ1n) is 5.59. The molecule has 2 nitrogen and oxygen atoms in total. The molecular weight excluding hydrogens is 265 g/mol. The van der Waals surface area contributed by atoms with Crippen molar-refractivity contribution in [3.8, 4) is 0 Å². The van der Waals surface area contributed by atoms with Gasteiger partial charge in [-0.1, -0.05) is 12.1 Å². The van der Waals surface area contributed by atoms with E-state index in [2.05, 4.69) is 4.98 Å². The van der Waals surface area contributed by atoms with Crippen molar-refractivity contribution in [2.24, 2.45) is 0 Å². The van der Waals surface area contributed by atoms with Crippen molar-refractivity contribution >= 4 is 22.6 Å². The van der Waals surface area contributed by atoms with E-state index in [1.54, 1.807) is 24.3 Å². The minimum absolute atomic E-state index is 0.0213. The minimum atomic E-state index is -4.27. The normalized spacial score (nSPS) is 18.2. The van der Waals surface area contributed by atoms with Gasteiger partial charge in [-0.05, 0) is 25.0 Å². The first-order valence-corrected chi connectivity index (χ1v) is 6.12. The van der Waals surface area contributed by atoms with Gasteiger partial charge in [-0.2, -0.15) is 13.2 Å². The molecule has 0 spiro atoms. The lowest BCUT2D eigenvalue weighted by Crippen LogP contribution is -2.35. The topological polar surface area (TPSA) is 17.8 Å². The van der Waals surface area contributed by atoms with Crippen LogP contribution in [0.25, 0.3) is 11.0 Å². The van der Waals surface area contributed by atoms with Crippen molar-refractivity contribution in [3.05, 3.63) is 30.1 Å². The zero-order valence-electron chi connectivity index (χ0n) is 9.34. The Morgan fingerprint density at radius 1 is 1.28 bits per heavy atom. The van der Waals surface area contributed by atoms with Gasteiger partial charge in [0.1, 0.15) is 11.4 Å². The van der Waals surface area contributed by atoms with Crippen molar-refractivity contribution in [2.75, 3.05) is 0 Å². The van der Waals surface area contributed by atoms with Gasteiger partial charge < -0.3 is 4.57 Å². The molecule has 0 saturated heterocycles. The Morgan fingerprint density at radius 2 is 1.94 bits per heavy atom. The summed E-state index contributed by atoms with van der Waals surface area (Å²) in [5, 5.41) is 0. The van der Waals surface area contributed by atoms with Crippen LogP contribution in [0.4, 0.5) is 13.2 Å². The maximum atomic E-state index is 13.2. The van der Waals surface area contributed by atoms with E-state index in [1.807, 2.05) is 0 Å². The summed E-state index contributed by atoms with van der Waals surface area (Å²) < 4.78 is 40.9. The Balaban J connectivity index is 2.28. The summed E-state index contributed by atoms with van der Waals surface area (Å²) in [5.41, 5.74) is -0.737. The van der Waals surface area contributed by atoms with E-state index in [4.69, 9.17) is 11.6 Å². The molecule has 0 N–H and O–H groups in total. The van der Waals surface area contributed by atoms with Gasteiger partial charge in [0.25, 0.3) is 0 Å². The minimum Gasteiger partial charge on any atom is -0.311 e. The third kappa shape index (κ3) is 1.46. The molecule has 0 bridgehead atoms. The second-order valence-electron chi connectivity index (χ2n) is 4.52. The van der Waals surface area contributed by atoms with Crippen molar-refractivity contribution in [1.29, 1.82) is 0 Å². The molecule has 0 unspecified atom stereocenters. The fourth-order valence-electron chi connectivity index (χ4n) is 2.40. The summed E-state index contributed by atoms with van der Waals surface area (Å²) in [4.78, 5) is 4.18. The Hall–Kier alpha value is -1.23. The number of imidazole rings is 1. The summed E-state index contributed by atoms with van der Waals surface area (Å²) in [7, 11) is 0. The lowest BCUT2D eigenvalue weighted by Gasteiger charge is -2.23. The number of alkyl halides is 4. The molecule has 2 aromatic rings. The van der Waals surface area contributed by atoms with Crippen LogP contribution in [0.5, 0.6) is 0 Å². The molecule has 18 heavy (non-hydrogen) atoms. The van der Waals surface area contributed by atoms with Crippen LogP contribution in [0.1, 0.15) is 18.7 Å². The predicted molar refractivity (Wildman–Crippen MR) is 62.6 cm³/mol. The molecule has 96 valence electrons. The van der Waals surface area contributed by atoms with Gasteiger partial charge in [0.05, 0.1) is 16.9 Å². The van der Waals surface area contributed by atoms with E-state index in [9.17, 15) is 13.2 Å². The van der Waals surface area contributed by atoms with E-state index in [-0.39, 0.29) is 24.5 Å². The number of benzene rings is 1. The highest BCUT2D eigenvalue weighted by molar-refractivity contribution is 6.16. The summed E-state index contributed by atoms with van der Waals surface area (Å²) in [6.07, 6.45) is -4.07. The summed E-state index contributed by atoms with van der Waals surface area (Å²) in [6, 6.07) is 6.83. The molecule has 0 atom stereocenters. The Kier molecular flexibility index (Phi) is 2.39. The van der Waals surface area contributed by atoms with Crippen LogP contribution in [0, 0.1) is 0 Å². The lowest BCUT2D eigenvalue weighted by molar-refractivity contribution is -0.179. The number of para-hydroxylation sites is 2. The smallest absolute Gasteiger partial charge is 0.311 e. The highest BCUT2D eigenvalue weighted by Crippen LogP contribution is 2.56. The lowest BCUT2D eigenvalue weighted by atomic mass is 10.2. The zero-order valence-corrected chi connectivity index (χ0v) is 10.1. The number of hydrogen-bond donors (Lipinski definition) is 0.